The lowest BCUT2D eigenvalue weighted by molar-refractivity contribution is -0.417. The fourth-order valence-electron chi connectivity index (χ4n) is 2.39. The van der Waals surface area contributed by atoms with E-state index < -0.39 is 0 Å². The van der Waals surface area contributed by atoms with Gasteiger partial charge in [-0.25, -0.2) is 0 Å². The van der Waals surface area contributed by atoms with Gasteiger partial charge < -0.3 is 15.4 Å². The molecule has 0 aromatic rings. The number of ether oxygens (including phenoxy) is 1. The maximum absolute atomic E-state index is 12.3. The number of quaternary nitrogens is 1. The molecule has 0 spiro atoms. The lowest BCUT2D eigenvalue weighted by Gasteiger charge is -2.33. The molecule has 0 saturated carbocycles. The summed E-state index contributed by atoms with van der Waals surface area (Å²) in [5, 5.41) is 0. The molecule has 0 aromatic heterocycles. The number of nitrogens with zero attached hydrogens (tertiary/aromatic N) is 1. The average molecular weight is 271 g/mol. The first-order valence-corrected chi connectivity index (χ1v) is 7.29. The first-order chi connectivity index (χ1) is 9.01. The fourth-order valence-corrected chi connectivity index (χ4v) is 2.39. The van der Waals surface area contributed by atoms with Gasteiger partial charge in [0, 0.05) is 19.0 Å². The van der Waals surface area contributed by atoms with E-state index in [1.807, 2.05) is 6.92 Å². The lowest BCUT2D eigenvalue weighted by atomic mass is 9.94. The monoisotopic (exact) mass is 271 g/mol. The van der Waals surface area contributed by atoms with Gasteiger partial charge in [0.2, 0.25) is 0 Å². The number of rotatable bonds is 5. The molecule has 1 aliphatic heterocycles. The molecule has 3 atom stereocenters. The Kier molecular flexibility index (Phi) is 6.28. The van der Waals surface area contributed by atoms with E-state index in [9.17, 15) is 9.59 Å². The van der Waals surface area contributed by atoms with Crippen molar-refractivity contribution >= 4 is 11.9 Å². The molecule has 1 rings (SSSR count). The second-order valence-electron chi connectivity index (χ2n) is 5.37. The normalized spacial score (nSPS) is 22.7. The number of carbonyl (C=O) groups excluding carboxylic acids is 2. The number of piperidine rings is 1. The number of esters is 1. The molecule has 1 aliphatic rings. The van der Waals surface area contributed by atoms with Gasteiger partial charge in [-0.3, -0.25) is 9.59 Å². The molecule has 1 heterocycles. The minimum Gasteiger partial charge on any atom is -0.466 e. The van der Waals surface area contributed by atoms with Crippen LogP contribution < -0.4 is 5.73 Å². The van der Waals surface area contributed by atoms with Crippen molar-refractivity contribution in [1.82, 2.24) is 4.90 Å². The molecule has 0 aromatic carbocycles. The Morgan fingerprint density at radius 2 is 2.11 bits per heavy atom. The molecule has 110 valence electrons. The zero-order valence-corrected chi connectivity index (χ0v) is 12.4. The maximum atomic E-state index is 12.3. The van der Waals surface area contributed by atoms with Gasteiger partial charge >= 0.3 is 5.97 Å². The van der Waals surface area contributed by atoms with E-state index in [-0.39, 0.29) is 29.8 Å². The first kappa shape index (κ1) is 16.0. The van der Waals surface area contributed by atoms with Crippen LogP contribution in [0.1, 0.15) is 40.0 Å². The molecule has 19 heavy (non-hydrogen) atoms. The SMILES string of the molecule is CCOC(=O)[C@H]1CCCN(C(=O)[C@H]([NH3+])[C@H](C)CC)C1. The van der Waals surface area contributed by atoms with E-state index in [4.69, 9.17) is 4.74 Å². The summed E-state index contributed by atoms with van der Waals surface area (Å²) in [6.45, 7) is 7.53. The van der Waals surface area contributed by atoms with Crippen LogP contribution in [0.2, 0.25) is 0 Å². The smallest absolute Gasteiger partial charge is 0.310 e. The van der Waals surface area contributed by atoms with Crippen LogP contribution in [0.5, 0.6) is 0 Å². The summed E-state index contributed by atoms with van der Waals surface area (Å²) in [6.07, 6.45) is 2.62. The van der Waals surface area contributed by atoms with Crippen LogP contribution in [0.4, 0.5) is 0 Å². The number of carbonyl (C=O) groups is 2. The fraction of sp³-hybridized carbons (Fsp3) is 0.857. The van der Waals surface area contributed by atoms with E-state index in [0.717, 1.165) is 25.8 Å². The Labute approximate surface area is 115 Å². The number of amides is 1. The summed E-state index contributed by atoms with van der Waals surface area (Å²) in [5.41, 5.74) is 3.98. The van der Waals surface area contributed by atoms with Crippen LogP contribution >= 0.6 is 0 Å². The van der Waals surface area contributed by atoms with Crippen LogP contribution in [0, 0.1) is 11.8 Å². The van der Waals surface area contributed by atoms with E-state index >= 15 is 0 Å². The Morgan fingerprint density at radius 3 is 2.68 bits per heavy atom. The summed E-state index contributed by atoms with van der Waals surface area (Å²) < 4.78 is 5.05. The summed E-state index contributed by atoms with van der Waals surface area (Å²) in [5.74, 6) is 0.00440. The van der Waals surface area contributed by atoms with Crippen LogP contribution in [0.25, 0.3) is 0 Å². The summed E-state index contributed by atoms with van der Waals surface area (Å²) in [6, 6.07) is -0.217. The van der Waals surface area contributed by atoms with Gasteiger partial charge in [-0.1, -0.05) is 13.8 Å². The third kappa shape index (κ3) is 4.20. The standard InChI is InChI=1S/C14H26N2O3/c1-4-10(3)12(15)13(17)16-8-6-7-11(9-16)14(18)19-5-2/h10-12H,4-9,15H2,1-3H3/p+1/t10-,11+,12-/m1/s1. The van der Waals surface area contributed by atoms with Crippen LogP contribution in [-0.2, 0) is 14.3 Å². The molecule has 1 fully saturated rings. The molecule has 1 amide bonds. The van der Waals surface area contributed by atoms with Gasteiger partial charge in [0.1, 0.15) is 0 Å². The quantitative estimate of drug-likeness (QED) is 0.738. The molecule has 3 N–H and O–H groups in total. The molecule has 0 radical (unpaired) electrons. The van der Waals surface area contributed by atoms with Crippen LogP contribution in [0.3, 0.4) is 0 Å². The van der Waals surface area contributed by atoms with Gasteiger partial charge in [-0.05, 0) is 26.2 Å². The minimum absolute atomic E-state index is 0.0725. The van der Waals surface area contributed by atoms with E-state index in [2.05, 4.69) is 12.7 Å². The van der Waals surface area contributed by atoms with Gasteiger partial charge in [0.25, 0.3) is 5.91 Å². The predicted molar refractivity (Wildman–Crippen MR) is 72.1 cm³/mol. The third-order valence-corrected chi connectivity index (χ3v) is 4.00. The zero-order valence-electron chi connectivity index (χ0n) is 12.4. The predicted octanol–water partition coefficient (Wildman–Crippen LogP) is 0.445. The maximum Gasteiger partial charge on any atom is 0.310 e. The Balaban J connectivity index is 2.59. The van der Waals surface area contributed by atoms with Crippen molar-refractivity contribution in [2.75, 3.05) is 19.7 Å². The molecular weight excluding hydrogens is 244 g/mol. The highest BCUT2D eigenvalue weighted by molar-refractivity contribution is 5.82. The van der Waals surface area contributed by atoms with Crippen molar-refractivity contribution in [3.8, 4) is 0 Å². The van der Waals surface area contributed by atoms with E-state index in [0.29, 0.717) is 13.2 Å². The molecular formula is C14H27N2O3+. The van der Waals surface area contributed by atoms with Gasteiger partial charge in [0.15, 0.2) is 6.04 Å². The van der Waals surface area contributed by atoms with Gasteiger partial charge in [-0.2, -0.15) is 0 Å². The van der Waals surface area contributed by atoms with Gasteiger partial charge in [0.05, 0.1) is 12.5 Å². The van der Waals surface area contributed by atoms with Gasteiger partial charge in [-0.15, -0.1) is 0 Å². The summed E-state index contributed by atoms with van der Waals surface area (Å²) in [7, 11) is 0. The highest BCUT2D eigenvalue weighted by atomic mass is 16.5. The Morgan fingerprint density at radius 1 is 1.42 bits per heavy atom. The number of hydrogen-bond donors (Lipinski definition) is 1. The second kappa shape index (κ2) is 7.48. The minimum atomic E-state index is -0.217. The summed E-state index contributed by atoms with van der Waals surface area (Å²) in [4.78, 5) is 25.9. The average Bonchev–Trinajstić information content (AvgIpc) is 2.45. The molecule has 1 saturated heterocycles. The van der Waals surface area contributed by atoms with Crippen molar-refractivity contribution in [1.29, 1.82) is 0 Å². The highest BCUT2D eigenvalue weighted by Crippen LogP contribution is 2.19. The van der Waals surface area contributed by atoms with Crippen molar-refractivity contribution < 1.29 is 20.1 Å². The van der Waals surface area contributed by atoms with Crippen molar-refractivity contribution in [3.63, 3.8) is 0 Å². The molecule has 5 nitrogen and oxygen atoms in total. The van der Waals surface area contributed by atoms with Crippen molar-refractivity contribution in [2.45, 2.75) is 46.1 Å². The first-order valence-electron chi connectivity index (χ1n) is 7.29. The van der Waals surface area contributed by atoms with Crippen molar-refractivity contribution in [3.05, 3.63) is 0 Å². The topological polar surface area (TPSA) is 74.2 Å². The molecule has 5 heteroatoms. The van der Waals surface area contributed by atoms with E-state index in [1.165, 1.54) is 0 Å². The number of hydrogen-bond acceptors (Lipinski definition) is 3. The molecule has 0 aliphatic carbocycles. The molecule has 0 unspecified atom stereocenters. The van der Waals surface area contributed by atoms with Crippen LogP contribution in [-0.4, -0.2) is 42.5 Å². The summed E-state index contributed by atoms with van der Waals surface area (Å²) >= 11 is 0. The van der Waals surface area contributed by atoms with Crippen LogP contribution in [0.15, 0.2) is 0 Å². The largest absolute Gasteiger partial charge is 0.466 e. The zero-order chi connectivity index (χ0) is 14.4. The lowest BCUT2D eigenvalue weighted by Crippen LogP contribution is -2.71. The van der Waals surface area contributed by atoms with Crippen molar-refractivity contribution in [2.24, 2.45) is 11.8 Å². The highest BCUT2D eigenvalue weighted by Gasteiger charge is 2.34. The second-order valence-corrected chi connectivity index (χ2v) is 5.37. The third-order valence-electron chi connectivity index (χ3n) is 4.00. The Hall–Kier alpha value is -1.10. The number of likely N-dealkylation sites (tertiary alicyclic amines) is 1. The Bertz CT molecular complexity index is 320. The van der Waals surface area contributed by atoms with E-state index in [1.54, 1.807) is 11.8 Å². The molecule has 0 bridgehead atoms.